The molecule has 0 aliphatic carbocycles. The highest BCUT2D eigenvalue weighted by atomic mass is 16.5. The first-order chi connectivity index (χ1) is 2.27. The van der Waals surface area contributed by atoms with Gasteiger partial charge in [-0.1, -0.05) is 0 Å². The van der Waals surface area contributed by atoms with E-state index in [0.29, 0.717) is 0 Å². The molecule has 0 heterocycles. The third kappa shape index (κ3) is 3.21. The lowest BCUT2D eigenvalue weighted by atomic mass is 11.1. The van der Waals surface area contributed by atoms with Crippen LogP contribution in [0.2, 0.25) is 0 Å². The first-order valence-corrected chi connectivity index (χ1v) is 1.07. The number of hydrogen-bond donors (Lipinski definition) is 1. The fourth-order valence-electron chi connectivity index (χ4n) is 0. The van der Waals surface area contributed by atoms with Crippen LogP contribution in [0.3, 0.4) is 0 Å². The Kier molecular flexibility index (Phi) is 1.28. The van der Waals surface area contributed by atoms with Crippen molar-refractivity contribution in [2.45, 2.75) is 0 Å². The highest BCUT2D eigenvalue weighted by molar-refractivity contribution is 5.13. The Hall–Kier alpha value is -0.790. The van der Waals surface area contributed by atoms with Crippen LogP contribution in [0.25, 0.3) is 0 Å². The molecule has 0 aliphatic rings. The first-order valence-electron chi connectivity index (χ1n) is 1.07. The van der Waals surface area contributed by atoms with Crippen LogP contribution in [0.4, 0.5) is 0 Å². The number of aliphatic hydroxyl groups is 1. The van der Waals surface area contributed by atoms with Gasteiger partial charge in [-0.3, -0.25) is 4.42 Å². The van der Waals surface area contributed by atoms with Crippen LogP contribution in [0.5, 0.6) is 0 Å². The number of hydrogen-bond acceptors (Lipinski definition) is 1. The van der Waals surface area contributed by atoms with E-state index in [2.05, 4.69) is 17.8 Å². The lowest BCUT2D eigenvalue weighted by Crippen LogP contribution is -1.68. The number of carbonyl (C=O) groups excluding carboxylic acids is 1. The second-order valence-corrected chi connectivity index (χ2v) is 0.538. The Morgan fingerprint density at radius 1 is 1.80 bits per heavy atom. The van der Waals surface area contributed by atoms with Gasteiger partial charge in [-0.05, 0) is 0 Å². The monoisotopic (exact) mass is 73.0 g/mol. The third-order valence-corrected chi connectivity index (χ3v) is 0.167. The van der Waals surface area contributed by atoms with Crippen LogP contribution in [0.15, 0.2) is 12.5 Å². The molecule has 0 saturated heterocycles. The molecule has 2 nitrogen and oxygen atoms in total. The van der Waals surface area contributed by atoms with Gasteiger partial charge in [0.15, 0.2) is 6.79 Å². The van der Waals surface area contributed by atoms with Gasteiger partial charge in [-0.15, -0.1) is 0 Å². The molecule has 1 N–H and O–H groups in total. The van der Waals surface area contributed by atoms with Gasteiger partial charge in [0.2, 0.25) is 0 Å². The molecule has 0 atom stereocenters. The van der Waals surface area contributed by atoms with Crippen LogP contribution in [0, 0.1) is 0 Å². The summed E-state index contributed by atoms with van der Waals surface area (Å²) in [5, 5.41) is 7.88. The second kappa shape index (κ2) is 1.52. The Bertz CT molecular complexity index is 55.9. The molecule has 0 aromatic heterocycles. The average Bonchev–Trinajstić information content (AvgIpc) is 1.38. The Morgan fingerprint density at radius 3 is 2.00 bits per heavy atom. The molecule has 5 heavy (non-hydrogen) atoms. The molecule has 0 aliphatic heterocycles. The summed E-state index contributed by atoms with van der Waals surface area (Å²) in [4.78, 5) is 0. The predicted octanol–water partition coefficient (Wildman–Crippen LogP) is 0.380. The van der Waals surface area contributed by atoms with E-state index in [0.717, 1.165) is 0 Å². The maximum atomic E-state index is 7.88. The maximum absolute atomic E-state index is 7.88. The maximum Gasteiger partial charge on any atom is 0.507 e. The zero-order valence-electron chi connectivity index (χ0n) is 2.77. The van der Waals surface area contributed by atoms with Crippen molar-refractivity contribution in [2.75, 3.05) is 0 Å². The molecule has 28 valence electrons. The molecule has 0 saturated carbocycles. The van der Waals surface area contributed by atoms with Crippen molar-refractivity contribution in [2.24, 2.45) is 0 Å². The van der Waals surface area contributed by atoms with E-state index >= 15 is 0 Å². The van der Waals surface area contributed by atoms with E-state index < -0.39 is 0 Å². The SMILES string of the molecule is C=[O+]C(=C)O. The van der Waals surface area contributed by atoms with Crippen molar-refractivity contribution in [3.05, 3.63) is 12.5 Å². The van der Waals surface area contributed by atoms with Gasteiger partial charge in [0.1, 0.15) is 0 Å². The van der Waals surface area contributed by atoms with Crippen molar-refractivity contribution >= 4 is 6.79 Å². The molecule has 0 rings (SSSR count). The van der Waals surface area contributed by atoms with Crippen molar-refractivity contribution in [1.29, 1.82) is 0 Å². The summed E-state index contributed by atoms with van der Waals surface area (Å²) in [6.07, 6.45) is 0. The van der Waals surface area contributed by atoms with E-state index in [1.165, 1.54) is 0 Å². The molecule has 0 fully saturated rings. The molecule has 0 spiro atoms. The van der Waals surface area contributed by atoms with Gasteiger partial charge in [0, 0.05) is 6.58 Å². The van der Waals surface area contributed by atoms with Gasteiger partial charge in [0.25, 0.3) is 0 Å². The third-order valence-electron chi connectivity index (χ3n) is 0.167. The molecule has 0 amide bonds. The van der Waals surface area contributed by atoms with Crippen molar-refractivity contribution in [3.8, 4) is 0 Å². The minimum absolute atomic E-state index is 0.356. The summed E-state index contributed by atoms with van der Waals surface area (Å²) >= 11 is 0. The molecule has 0 bridgehead atoms. The smallest absolute Gasteiger partial charge is 0.336 e. The Labute approximate surface area is 30.1 Å². The molecule has 0 aromatic rings. The average molecular weight is 73.1 g/mol. The van der Waals surface area contributed by atoms with Gasteiger partial charge >= 0.3 is 5.95 Å². The highest BCUT2D eigenvalue weighted by Gasteiger charge is 1.81. The lowest BCUT2D eigenvalue weighted by Gasteiger charge is -1.59. The van der Waals surface area contributed by atoms with Gasteiger partial charge in [-0.2, -0.15) is 0 Å². The first kappa shape index (κ1) is 4.21. The zero-order valence-corrected chi connectivity index (χ0v) is 2.77. The topological polar surface area (TPSA) is 31.5 Å². The van der Waals surface area contributed by atoms with E-state index in [4.69, 9.17) is 5.11 Å². The number of rotatable bonds is 1. The fraction of sp³-hybridized carbons (Fsp3) is 0. The van der Waals surface area contributed by atoms with Gasteiger partial charge in [0.05, 0.1) is 0 Å². The second-order valence-electron chi connectivity index (χ2n) is 0.538. The van der Waals surface area contributed by atoms with Crippen molar-refractivity contribution < 1.29 is 9.53 Å². The van der Waals surface area contributed by atoms with Gasteiger partial charge < -0.3 is 5.11 Å². The van der Waals surface area contributed by atoms with Crippen molar-refractivity contribution in [1.82, 2.24) is 0 Å². The van der Waals surface area contributed by atoms with E-state index in [1.807, 2.05) is 0 Å². The quantitative estimate of drug-likeness (QED) is 0.353. The van der Waals surface area contributed by atoms with E-state index in [1.54, 1.807) is 0 Å². The minimum atomic E-state index is -0.356. The molecule has 2 heteroatoms. The fourth-order valence-corrected chi connectivity index (χ4v) is 0. The largest absolute Gasteiger partial charge is 0.507 e. The summed E-state index contributed by atoms with van der Waals surface area (Å²) < 4.78 is 3.86. The summed E-state index contributed by atoms with van der Waals surface area (Å²) in [6, 6.07) is 0. The normalized spacial score (nSPS) is 6.40. The molecule has 0 aromatic carbocycles. The predicted molar refractivity (Wildman–Crippen MR) is 18.9 cm³/mol. The molecule has 0 unspecified atom stereocenters. The summed E-state index contributed by atoms with van der Waals surface area (Å²) in [5.74, 6) is -0.356. The van der Waals surface area contributed by atoms with Crippen LogP contribution in [-0.2, 0) is 4.42 Å². The van der Waals surface area contributed by atoms with E-state index in [-0.39, 0.29) is 5.95 Å². The summed E-state index contributed by atoms with van der Waals surface area (Å²) in [6.45, 7) is 5.78. The number of aliphatic hydroxyl groups excluding tert-OH is 1. The van der Waals surface area contributed by atoms with Crippen molar-refractivity contribution in [3.63, 3.8) is 0 Å². The minimum Gasteiger partial charge on any atom is -0.336 e. The van der Waals surface area contributed by atoms with E-state index in [9.17, 15) is 0 Å². The summed E-state index contributed by atoms with van der Waals surface area (Å²) in [7, 11) is 0. The Balaban J connectivity index is 3.20. The Morgan fingerprint density at radius 2 is 2.00 bits per heavy atom. The molecular formula is C3H5O2+. The van der Waals surface area contributed by atoms with Gasteiger partial charge in [-0.25, -0.2) is 0 Å². The van der Waals surface area contributed by atoms with Crippen LogP contribution in [-0.4, -0.2) is 11.9 Å². The molecular weight excluding hydrogens is 68.0 g/mol. The standard InChI is InChI=1S/C3H4O2/c1-3(4)5-2/h1-2H2/p+1. The van der Waals surface area contributed by atoms with Crippen LogP contribution in [0.1, 0.15) is 0 Å². The van der Waals surface area contributed by atoms with Crippen LogP contribution >= 0.6 is 0 Å². The molecule has 0 radical (unpaired) electrons. The lowest BCUT2D eigenvalue weighted by molar-refractivity contribution is -0.424. The van der Waals surface area contributed by atoms with Crippen LogP contribution < -0.4 is 0 Å². The zero-order chi connectivity index (χ0) is 4.28. The highest BCUT2D eigenvalue weighted by Crippen LogP contribution is 1.65. The summed E-state index contributed by atoms with van der Waals surface area (Å²) in [5.41, 5.74) is 0.